The Morgan fingerprint density at radius 1 is 0.731 bits per heavy atom. The first-order valence-corrected chi connectivity index (χ1v) is 8.48. The molecule has 0 heterocycles. The van der Waals surface area contributed by atoms with Crippen molar-refractivity contribution >= 4 is 11.8 Å². The monoisotopic (exact) mass is 344 g/mol. The number of esters is 1. The van der Waals surface area contributed by atoms with Gasteiger partial charge in [-0.25, -0.2) is 4.79 Å². The fourth-order valence-corrected chi connectivity index (χ4v) is 2.70. The van der Waals surface area contributed by atoms with Gasteiger partial charge in [-0.1, -0.05) is 60.7 Å². The second kappa shape index (κ2) is 7.79. The Kier molecular flexibility index (Phi) is 5.28. The third kappa shape index (κ3) is 3.89. The summed E-state index contributed by atoms with van der Waals surface area (Å²) in [4.78, 5) is 25.6. The number of benzene rings is 3. The number of ketones is 1. The molecule has 0 aliphatic carbocycles. The molecule has 0 aromatic heterocycles. The molecule has 26 heavy (non-hydrogen) atoms. The predicted molar refractivity (Wildman–Crippen MR) is 101 cm³/mol. The van der Waals surface area contributed by atoms with Gasteiger partial charge in [-0.15, -0.1) is 0 Å². The predicted octanol–water partition coefficient (Wildman–Crippen LogP) is 5.08. The third-order valence-electron chi connectivity index (χ3n) is 4.37. The smallest absolute Gasteiger partial charge is 0.339 e. The number of carbonyl (C=O) groups is 2. The molecule has 3 aromatic rings. The number of aryl methyl sites for hydroxylation is 2. The molecule has 3 rings (SSSR count). The highest BCUT2D eigenvalue weighted by Gasteiger charge is 2.26. The maximum atomic E-state index is 13.1. The highest BCUT2D eigenvalue weighted by molar-refractivity contribution is 6.02. The van der Waals surface area contributed by atoms with Crippen LogP contribution >= 0.6 is 0 Å². The summed E-state index contributed by atoms with van der Waals surface area (Å²) in [5.41, 5.74) is 3.74. The molecule has 0 bridgehead atoms. The molecular weight excluding hydrogens is 324 g/mol. The molecule has 3 aromatic carbocycles. The Hall–Kier alpha value is -3.20. The van der Waals surface area contributed by atoms with Crippen molar-refractivity contribution in [2.45, 2.75) is 20.0 Å². The molecule has 0 spiro atoms. The van der Waals surface area contributed by atoms with Crippen LogP contribution in [0.25, 0.3) is 0 Å². The van der Waals surface area contributed by atoms with Crippen molar-refractivity contribution in [2.75, 3.05) is 0 Å². The van der Waals surface area contributed by atoms with Gasteiger partial charge in [0.2, 0.25) is 5.78 Å². The zero-order valence-corrected chi connectivity index (χ0v) is 14.8. The maximum absolute atomic E-state index is 13.1. The van der Waals surface area contributed by atoms with Crippen molar-refractivity contribution in [3.8, 4) is 0 Å². The van der Waals surface area contributed by atoms with Crippen LogP contribution in [0, 0.1) is 13.8 Å². The third-order valence-corrected chi connectivity index (χ3v) is 4.37. The van der Waals surface area contributed by atoms with Crippen LogP contribution in [0.5, 0.6) is 0 Å². The summed E-state index contributed by atoms with van der Waals surface area (Å²) in [6.45, 7) is 3.95. The number of Topliss-reactive ketones (excluding diaryl/α,β-unsaturated/α-hetero) is 1. The van der Waals surface area contributed by atoms with E-state index in [9.17, 15) is 9.59 Å². The largest absolute Gasteiger partial charge is 0.445 e. The minimum absolute atomic E-state index is 0.233. The number of hydrogen-bond acceptors (Lipinski definition) is 3. The molecule has 0 saturated heterocycles. The summed E-state index contributed by atoms with van der Waals surface area (Å²) in [7, 11) is 0. The van der Waals surface area contributed by atoms with Crippen LogP contribution in [0.3, 0.4) is 0 Å². The molecule has 3 nitrogen and oxygen atoms in total. The van der Waals surface area contributed by atoms with Crippen molar-refractivity contribution in [3.63, 3.8) is 0 Å². The van der Waals surface area contributed by atoms with Gasteiger partial charge in [-0.2, -0.15) is 0 Å². The van der Waals surface area contributed by atoms with E-state index >= 15 is 0 Å². The topological polar surface area (TPSA) is 43.4 Å². The van der Waals surface area contributed by atoms with Crippen LogP contribution in [0.1, 0.15) is 43.5 Å². The molecule has 0 fully saturated rings. The van der Waals surface area contributed by atoms with Gasteiger partial charge in [0.25, 0.3) is 0 Å². The Morgan fingerprint density at radius 2 is 1.35 bits per heavy atom. The molecule has 0 saturated carbocycles. The number of ether oxygens (including phenoxy) is 1. The summed E-state index contributed by atoms with van der Waals surface area (Å²) < 4.78 is 5.62. The first-order chi connectivity index (χ1) is 12.6. The lowest BCUT2D eigenvalue weighted by atomic mass is 9.97. The van der Waals surface area contributed by atoms with Crippen LogP contribution in [0.2, 0.25) is 0 Å². The fourth-order valence-electron chi connectivity index (χ4n) is 2.70. The van der Waals surface area contributed by atoms with Gasteiger partial charge in [0.05, 0.1) is 5.56 Å². The van der Waals surface area contributed by atoms with Gasteiger partial charge in [-0.3, -0.25) is 4.79 Å². The lowest BCUT2D eigenvalue weighted by molar-refractivity contribution is 0.0280. The average Bonchev–Trinajstić information content (AvgIpc) is 2.69. The van der Waals surface area contributed by atoms with Crippen LogP contribution in [0.15, 0.2) is 78.9 Å². The number of rotatable bonds is 5. The van der Waals surface area contributed by atoms with Crippen molar-refractivity contribution in [2.24, 2.45) is 0 Å². The normalized spacial score (nSPS) is 11.6. The number of hydrogen-bond donors (Lipinski definition) is 0. The van der Waals surface area contributed by atoms with Gasteiger partial charge < -0.3 is 4.74 Å². The second-order valence-electron chi connectivity index (χ2n) is 6.23. The van der Waals surface area contributed by atoms with Crippen molar-refractivity contribution in [3.05, 3.63) is 107 Å². The van der Waals surface area contributed by atoms with Crippen molar-refractivity contribution in [1.29, 1.82) is 0 Å². The van der Waals surface area contributed by atoms with Crippen molar-refractivity contribution in [1.82, 2.24) is 0 Å². The van der Waals surface area contributed by atoms with Gasteiger partial charge >= 0.3 is 5.97 Å². The first-order valence-electron chi connectivity index (χ1n) is 8.48. The molecule has 0 N–H and O–H groups in total. The molecule has 0 aliphatic heterocycles. The number of carbonyl (C=O) groups excluding carboxylic acids is 2. The molecule has 0 unspecified atom stereocenters. The zero-order chi connectivity index (χ0) is 18.5. The van der Waals surface area contributed by atoms with E-state index in [1.54, 1.807) is 42.5 Å². The maximum Gasteiger partial charge on any atom is 0.339 e. The SMILES string of the molecule is Cc1ccc(C(=O)[C@@H](OC(=O)c2ccccc2)c2ccccc2)cc1C. The molecule has 1 atom stereocenters. The minimum Gasteiger partial charge on any atom is -0.445 e. The summed E-state index contributed by atoms with van der Waals surface area (Å²) in [5, 5.41) is 0. The van der Waals surface area contributed by atoms with Gasteiger partial charge in [0, 0.05) is 11.1 Å². The quantitative estimate of drug-likeness (QED) is 0.478. The molecule has 0 radical (unpaired) electrons. The Morgan fingerprint density at radius 3 is 1.96 bits per heavy atom. The molecule has 0 aliphatic rings. The van der Waals surface area contributed by atoms with E-state index in [1.807, 2.05) is 50.2 Å². The van der Waals surface area contributed by atoms with Gasteiger partial charge in [-0.05, 0) is 43.2 Å². The molecular formula is C23H20O3. The van der Waals surface area contributed by atoms with E-state index < -0.39 is 12.1 Å². The van der Waals surface area contributed by atoms with Crippen LogP contribution < -0.4 is 0 Å². The highest BCUT2D eigenvalue weighted by Crippen LogP contribution is 2.25. The molecule has 0 amide bonds. The zero-order valence-electron chi connectivity index (χ0n) is 14.8. The first kappa shape index (κ1) is 17.6. The highest BCUT2D eigenvalue weighted by atomic mass is 16.5. The van der Waals surface area contributed by atoms with E-state index in [2.05, 4.69) is 0 Å². The summed E-state index contributed by atoms with van der Waals surface area (Å²) in [5.74, 6) is -0.750. The van der Waals surface area contributed by atoms with E-state index in [0.29, 0.717) is 16.7 Å². The molecule has 3 heteroatoms. The fraction of sp³-hybridized carbons (Fsp3) is 0.130. The Balaban J connectivity index is 1.94. The Labute approximate surface area is 153 Å². The van der Waals surface area contributed by atoms with Crippen molar-refractivity contribution < 1.29 is 14.3 Å². The van der Waals surface area contributed by atoms with Gasteiger partial charge in [0.15, 0.2) is 6.10 Å². The van der Waals surface area contributed by atoms with E-state index in [-0.39, 0.29) is 5.78 Å². The van der Waals surface area contributed by atoms with Gasteiger partial charge in [0.1, 0.15) is 0 Å². The van der Waals surface area contributed by atoms with E-state index in [0.717, 1.165) is 11.1 Å². The summed E-state index contributed by atoms with van der Waals surface area (Å²) >= 11 is 0. The standard InChI is InChI=1S/C23H20O3/c1-16-13-14-20(15-17(16)2)21(24)22(18-9-5-3-6-10-18)26-23(25)19-11-7-4-8-12-19/h3-15,22H,1-2H3/t22-/m0/s1. The van der Waals surface area contributed by atoms with Crippen LogP contribution in [-0.4, -0.2) is 11.8 Å². The van der Waals surface area contributed by atoms with E-state index in [4.69, 9.17) is 4.74 Å². The summed E-state index contributed by atoms with van der Waals surface area (Å²) in [6.07, 6.45) is -0.981. The summed E-state index contributed by atoms with van der Waals surface area (Å²) in [6, 6.07) is 23.3. The minimum atomic E-state index is -0.981. The van der Waals surface area contributed by atoms with Crippen LogP contribution in [0.4, 0.5) is 0 Å². The lowest BCUT2D eigenvalue weighted by Crippen LogP contribution is -2.20. The second-order valence-corrected chi connectivity index (χ2v) is 6.23. The van der Waals surface area contributed by atoms with E-state index in [1.165, 1.54) is 0 Å². The average molecular weight is 344 g/mol. The van der Waals surface area contributed by atoms with Crippen LogP contribution in [-0.2, 0) is 4.74 Å². The Bertz CT molecular complexity index is 915. The molecule has 130 valence electrons. The lowest BCUT2D eigenvalue weighted by Gasteiger charge is -2.18.